The average Bonchev–Trinajstić information content (AvgIpc) is 2.71. The Morgan fingerprint density at radius 2 is 1.70 bits per heavy atom. The molecular formula is C15H13N3O2. The Bertz CT molecular complexity index is 645. The average molecular weight is 267 g/mol. The zero-order valence-electron chi connectivity index (χ0n) is 10.7. The Hall–Kier alpha value is -2.69. The van der Waals surface area contributed by atoms with E-state index in [-0.39, 0.29) is 11.8 Å². The van der Waals surface area contributed by atoms with Gasteiger partial charge in [0, 0.05) is 24.6 Å². The Morgan fingerprint density at radius 1 is 1.00 bits per heavy atom. The van der Waals surface area contributed by atoms with Crippen molar-refractivity contribution in [1.82, 2.24) is 9.88 Å². The second-order valence-corrected chi connectivity index (χ2v) is 4.67. The molecule has 0 unspecified atom stereocenters. The van der Waals surface area contributed by atoms with Crippen molar-refractivity contribution in [3.05, 3.63) is 59.4 Å². The number of pyridine rings is 1. The summed E-state index contributed by atoms with van der Waals surface area (Å²) in [6, 6.07) is 8.99. The van der Waals surface area contributed by atoms with E-state index in [2.05, 4.69) is 4.98 Å². The first-order chi connectivity index (χ1) is 9.66. The second-order valence-electron chi connectivity index (χ2n) is 4.67. The van der Waals surface area contributed by atoms with Crippen molar-refractivity contribution < 1.29 is 9.59 Å². The van der Waals surface area contributed by atoms with E-state index in [1.165, 1.54) is 17.3 Å². The number of nitrogens with two attached hydrogens (primary N) is 1. The molecule has 0 aliphatic carbocycles. The maximum absolute atomic E-state index is 12.1. The molecule has 100 valence electrons. The first kappa shape index (κ1) is 12.3. The summed E-state index contributed by atoms with van der Waals surface area (Å²) in [5.74, 6) is -0.517. The number of nitrogen functional groups attached to an aromatic ring is 1. The molecule has 2 aromatic rings. The first-order valence-electron chi connectivity index (χ1n) is 6.31. The molecule has 1 aliphatic heterocycles. The van der Waals surface area contributed by atoms with Crippen LogP contribution in [-0.4, -0.2) is 28.2 Å². The third-order valence-electron chi connectivity index (χ3n) is 3.38. The molecule has 3 rings (SSSR count). The van der Waals surface area contributed by atoms with Crippen LogP contribution in [0.3, 0.4) is 0 Å². The van der Waals surface area contributed by atoms with Crippen LogP contribution < -0.4 is 5.73 Å². The predicted octanol–water partition coefficient (Wildman–Crippen LogP) is 1.50. The van der Waals surface area contributed by atoms with Crippen LogP contribution in [0.5, 0.6) is 0 Å². The number of hydrogen-bond donors (Lipinski definition) is 1. The van der Waals surface area contributed by atoms with Gasteiger partial charge in [0.2, 0.25) is 0 Å². The molecule has 2 heterocycles. The predicted molar refractivity (Wildman–Crippen MR) is 74.2 cm³/mol. The fraction of sp³-hybridized carbons (Fsp3) is 0.133. The number of carbonyl (C=O) groups is 2. The van der Waals surface area contributed by atoms with E-state index in [9.17, 15) is 9.59 Å². The van der Waals surface area contributed by atoms with Crippen molar-refractivity contribution in [2.75, 3.05) is 12.3 Å². The van der Waals surface area contributed by atoms with Crippen LogP contribution in [0, 0.1) is 0 Å². The lowest BCUT2D eigenvalue weighted by atomic mass is 10.1. The first-order valence-corrected chi connectivity index (χ1v) is 6.31. The van der Waals surface area contributed by atoms with Crippen molar-refractivity contribution in [2.45, 2.75) is 6.42 Å². The Labute approximate surface area is 116 Å². The van der Waals surface area contributed by atoms with Gasteiger partial charge < -0.3 is 5.73 Å². The molecule has 1 aromatic carbocycles. The van der Waals surface area contributed by atoms with Crippen LogP contribution in [0.2, 0.25) is 0 Å². The van der Waals surface area contributed by atoms with Crippen LogP contribution in [0.25, 0.3) is 0 Å². The van der Waals surface area contributed by atoms with Gasteiger partial charge in [-0.05, 0) is 30.2 Å². The monoisotopic (exact) mass is 267 g/mol. The van der Waals surface area contributed by atoms with Crippen LogP contribution in [-0.2, 0) is 6.42 Å². The Morgan fingerprint density at radius 3 is 2.40 bits per heavy atom. The van der Waals surface area contributed by atoms with E-state index in [1.54, 1.807) is 6.07 Å². The van der Waals surface area contributed by atoms with Gasteiger partial charge in [0.1, 0.15) is 0 Å². The number of benzene rings is 1. The molecule has 0 spiro atoms. The minimum absolute atomic E-state index is 0.247. The molecule has 2 N–H and O–H groups in total. The Kier molecular flexibility index (Phi) is 2.95. The fourth-order valence-electron chi connectivity index (χ4n) is 2.26. The van der Waals surface area contributed by atoms with E-state index in [0.29, 0.717) is 29.8 Å². The third kappa shape index (κ3) is 2.03. The van der Waals surface area contributed by atoms with Gasteiger partial charge in [-0.3, -0.25) is 19.5 Å². The SMILES string of the molecule is Nc1ccc(CCN2C(=O)c3ccncc3C2=O)cc1. The molecule has 0 radical (unpaired) electrons. The lowest BCUT2D eigenvalue weighted by Crippen LogP contribution is -2.31. The largest absolute Gasteiger partial charge is 0.399 e. The number of aromatic nitrogens is 1. The van der Waals surface area contributed by atoms with Crippen molar-refractivity contribution in [3.8, 4) is 0 Å². The number of anilines is 1. The Balaban J connectivity index is 1.75. The van der Waals surface area contributed by atoms with Gasteiger partial charge in [-0.25, -0.2) is 0 Å². The van der Waals surface area contributed by atoms with Gasteiger partial charge >= 0.3 is 0 Å². The topological polar surface area (TPSA) is 76.3 Å². The van der Waals surface area contributed by atoms with Crippen molar-refractivity contribution >= 4 is 17.5 Å². The normalized spacial score (nSPS) is 13.7. The third-order valence-corrected chi connectivity index (χ3v) is 3.38. The smallest absolute Gasteiger partial charge is 0.263 e. The molecule has 0 saturated carbocycles. The van der Waals surface area contributed by atoms with Gasteiger partial charge in [0.25, 0.3) is 11.8 Å². The molecule has 20 heavy (non-hydrogen) atoms. The van der Waals surface area contributed by atoms with Crippen LogP contribution >= 0.6 is 0 Å². The number of nitrogens with zero attached hydrogens (tertiary/aromatic N) is 2. The van der Waals surface area contributed by atoms with E-state index < -0.39 is 0 Å². The molecule has 0 saturated heterocycles. The standard InChI is InChI=1S/C15H13N3O2/c16-11-3-1-10(2-4-11)6-8-18-14(19)12-5-7-17-9-13(12)15(18)20/h1-5,7,9H,6,8,16H2. The maximum Gasteiger partial charge on any atom is 0.263 e. The summed E-state index contributed by atoms with van der Waals surface area (Å²) < 4.78 is 0. The molecule has 0 bridgehead atoms. The molecule has 5 nitrogen and oxygen atoms in total. The highest BCUT2D eigenvalue weighted by Gasteiger charge is 2.34. The number of carbonyl (C=O) groups excluding carboxylic acids is 2. The van der Waals surface area contributed by atoms with E-state index in [4.69, 9.17) is 5.73 Å². The lowest BCUT2D eigenvalue weighted by Gasteiger charge is -2.13. The summed E-state index contributed by atoms with van der Waals surface area (Å²) in [5, 5.41) is 0. The summed E-state index contributed by atoms with van der Waals surface area (Å²) in [4.78, 5) is 29.4. The second kappa shape index (κ2) is 4.77. The van der Waals surface area contributed by atoms with Crippen LogP contribution in [0.15, 0.2) is 42.7 Å². The minimum Gasteiger partial charge on any atom is -0.399 e. The zero-order valence-corrected chi connectivity index (χ0v) is 10.7. The van der Waals surface area contributed by atoms with Gasteiger partial charge in [-0.2, -0.15) is 0 Å². The van der Waals surface area contributed by atoms with Crippen molar-refractivity contribution in [1.29, 1.82) is 0 Å². The molecule has 0 fully saturated rings. The summed E-state index contributed by atoms with van der Waals surface area (Å²) in [7, 11) is 0. The zero-order chi connectivity index (χ0) is 14.1. The van der Waals surface area contributed by atoms with Gasteiger partial charge in [0.15, 0.2) is 0 Å². The molecule has 2 amide bonds. The molecular weight excluding hydrogens is 254 g/mol. The van der Waals surface area contributed by atoms with E-state index >= 15 is 0 Å². The highest BCUT2D eigenvalue weighted by atomic mass is 16.2. The number of fused-ring (bicyclic) bond motifs is 1. The van der Waals surface area contributed by atoms with E-state index in [0.717, 1.165) is 5.56 Å². The van der Waals surface area contributed by atoms with Gasteiger partial charge in [-0.15, -0.1) is 0 Å². The number of hydrogen-bond acceptors (Lipinski definition) is 4. The lowest BCUT2D eigenvalue weighted by molar-refractivity contribution is 0.0656. The van der Waals surface area contributed by atoms with Gasteiger partial charge in [0.05, 0.1) is 11.1 Å². The summed E-state index contributed by atoms with van der Waals surface area (Å²) >= 11 is 0. The summed E-state index contributed by atoms with van der Waals surface area (Å²) in [6.45, 7) is 0.357. The molecule has 0 atom stereocenters. The fourth-order valence-corrected chi connectivity index (χ4v) is 2.26. The maximum atomic E-state index is 12.1. The number of imide groups is 1. The van der Waals surface area contributed by atoms with Crippen molar-refractivity contribution in [2.24, 2.45) is 0 Å². The molecule has 5 heteroatoms. The number of rotatable bonds is 3. The van der Waals surface area contributed by atoms with Crippen LogP contribution in [0.4, 0.5) is 5.69 Å². The van der Waals surface area contributed by atoms with Crippen molar-refractivity contribution in [3.63, 3.8) is 0 Å². The molecule has 1 aromatic heterocycles. The summed E-state index contributed by atoms with van der Waals surface area (Å²) in [6.07, 6.45) is 3.57. The highest BCUT2D eigenvalue weighted by molar-refractivity contribution is 6.21. The van der Waals surface area contributed by atoms with Gasteiger partial charge in [-0.1, -0.05) is 12.1 Å². The number of amides is 2. The summed E-state index contributed by atoms with van der Waals surface area (Å²) in [5.41, 5.74) is 8.17. The molecule has 1 aliphatic rings. The van der Waals surface area contributed by atoms with Crippen LogP contribution in [0.1, 0.15) is 26.3 Å². The quantitative estimate of drug-likeness (QED) is 0.675. The highest BCUT2D eigenvalue weighted by Crippen LogP contribution is 2.21. The van der Waals surface area contributed by atoms with E-state index in [1.807, 2.05) is 24.3 Å². The minimum atomic E-state index is -0.270.